The molecule has 0 saturated carbocycles. The third kappa shape index (κ3) is 2.34. The molecule has 0 aliphatic carbocycles. The van der Waals surface area contributed by atoms with Crippen molar-refractivity contribution in [1.29, 1.82) is 0 Å². The molecule has 0 heterocycles. The molecule has 0 saturated heterocycles. The minimum atomic E-state index is -0.525. The molecule has 0 spiro atoms. The first-order chi connectivity index (χ1) is 5.74. The molecule has 0 unspecified atom stereocenters. The van der Waals surface area contributed by atoms with Crippen molar-refractivity contribution in [2.24, 2.45) is 4.40 Å². The highest BCUT2D eigenvalue weighted by molar-refractivity contribution is 7.98. The first-order valence-electron chi connectivity index (χ1n) is 2.93. The lowest BCUT2D eigenvalue weighted by molar-refractivity contribution is 0.566. The number of rotatable bonds is 2. The van der Waals surface area contributed by atoms with Crippen molar-refractivity contribution in [2.45, 2.75) is 4.90 Å². The first-order valence-corrected chi connectivity index (χ1v) is 4.08. The van der Waals surface area contributed by atoms with Gasteiger partial charge >= 0.3 is 0 Å². The second kappa shape index (κ2) is 4.26. The fourth-order valence-corrected chi connectivity index (χ4v) is 1.15. The molecule has 0 N–H and O–H groups in total. The molecule has 0 aliphatic heterocycles. The van der Waals surface area contributed by atoms with Gasteiger partial charge in [-0.15, -0.1) is 4.40 Å². The van der Waals surface area contributed by atoms with E-state index in [1.807, 2.05) is 0 Å². The first kappa shape index (κ1) is 9.26. The van der Waals surface area contributed by atoms with Gasteiger partial charge in [0.2, 0.25) is 6.08 Å². The predicted molar refractivity (Wildman–Crippen MR) is 45.4 cm³/mol. The summed E-state index contributed by atoms with van der Waals surface area (Å²) in [4.78, 5) is 10.2. The van der Waals surface area contributed by atoms with Gasteiger partial charge in [-0.3, -0.25) is 0 Å². The third-order valence-electron chi connectivity index (χ3n) is 1.08. The summed E-state index contributed by atoms with van der Waals surface area (Å²) < 4.78 is 15.9. The number of hydrogen-bond donors (Lipinski definition) is 0. The van der Waals surface area contributed by atoms with Crippen LogP contribution in [0.5, 0.6) is 0 Å². The Balaban J connectivity index is 2.89. The second-order valence-electron chi connectivity index (χ2n) is 1.85. The van der Waals surface area contributed by atoms with Crippen molar-refractivity contribution in [3.63, 3.8) is 0 Å². The highest BCUT2D eigenvalue weighted by Gasteiger charge is 2.00. The zero-order valence-corrected chi connectivity index (χ0v) is 7.32. The van der Waals surface area contributed by atoms with Gasteiger partial charge in [0.05, 0.1) is 5.02 Å². The fourth-order valence-electron chi connectivity index (χ4n) is 0.605. The minimum absolute atomic E-state index is 0.0504. The van der Waals surface area contributed by atoms with Crippen LogP contribution < -0.4 is 0 Å². The zero-order chi connectivity index (χ0) is 8.97. The summed E-state index contributed by atoms with van der Waals surface area (Å²) >= 11 is 6.27. The van der Waals surface area contributed by atoms with Crippen molar-refractivity contribution in [3.8, 4) is 0 Å². The molecule has 0 radical (unpaired) electrons. The molecule has 1 aromatic carbocycles. The van der Waals surface area contributed by atoms with Crippen LogP contribution in [0.15, 0.2) is 27.5 Å². The van der Waals surface area contributed by atoms with Crippen LogP contribution in [-0.4, -0.2) is 6.08 Å². The van der Waals surface area contributed by atoms with Crippen molar-refractivity contribution in [2.75, 3.05) is 0 Å². The van der Waals surface area contributed by atoms with E-state index in [1.165, 1.54) is 18.2 Å². The van der Waals surface area contributed by atoms with Crippen LogP contribution in [0, 0.1) is 5.82 Å². The highest BCUT2D eigenvalue weighted by atomic mass is 35.5. The van der Waals surface area contributed by atoms with Crippen molar-refractivity contribution in [1.82, 2.24) is 0 Å². The van der Waals surface area contributed by atoms with E-state index in [1.54, 1.807) is 6.07 Å². The van der Waals surface area contributed by atoms with Crippen LogP contribution in [0.2, 0.25) is 5.02 Å². The summed E-state index contributed by atoms with van der Waals surface area (Å²) in [7, 11) is 0. The Kier molecular flexibility index (Phi) is 3.29. The maximum atomic E-state index is 12.7. The van der Waals surface area contributed by atoms with E-state index in [2.05, 4.69) is 4.40 Å². The zero-order valence-electron chi connectivity index (χ0n) is 5.75. The summed E-state index contributed by atoms with van der Waals surface area (Å²) in [5, 5.41) is 0.0504. The number of isocyanates is 1. The van der Waals surface area contributed by atoms with E-state index in [0.717, 1.165) is 11.9 Å². The van der Waals surface area contributed by atoms with Crippen LogP contribution >= 0.6 is 23.5 Å². The van der Waals surface area contributed by atoms with Crippen LogP contribution in [0.25, 0.3) is 0 Å². The smallest absolute Gasteiger partial charge is 0.210 e. The molecule has 0 aliphatic rings. The van der Waals surface area contributed by atoms with Gasteiger partial charge in [-0.05, 0) is 18.2 Å². The molecule has 0 amide bonds. The average Bonchev–Trinajstić information content (AvgIpc) is 2.07. The van der Waals surface area contributed by atoms with Crippen LogP contribution in [0.3, 0.4) is 0 Å². The standard InChI is InChI=1S/C7H3ClFNOS/c8-6-2-1-5(3-7(6)9)12-10-4-11/h1-3H. The number of carbonyl (C=O) groups excluding carboxylic acids is 1. The van der Waals surface area contributed by atoms with Crippen molar-refractivity contribution >= 4 is 29.6 Å². The van der Waals surface area contributed by atoms with Crippen molar-refractivity contribution in [3.05, 3.63) is 29.0 Å². The molecule has 1 aromatic rings. The highest BCUT2D eigenvalue weighted by Crippen LogP contribution is 2.23. The maximum absolute atomic E-state index is 12.7. The molecule has 5 heteroatoms. The second-order valence-corrected chi connectivity index (χ2v) is 3.09. The molecular weight excluding hydrogens is 201 g/mol. The Labute approximate surface area is 77.6 Å². The Morgan fingerprint density at radius 2 is 2.33 bits per heavy atom. The Bertz CT molecular complexity index is 338. The average molecular weight is 204 g/mol. The van der Waals surface area contributed by atoms with E-state index < -0.39 is 5.82 Å². The summed E-state index contributed by atoms with van der Waals surface area (Å²) in [5.41, 5.74) is 0. The van der Waals surface area contributed by atoms with Crippen molar-refractivity contribution < 1.29 is 9.18 Å². The Morgan fingerprint density at radius 1 is 1.58 bits per heavy atom. The van der Waals surface area contributed by atoms with E-state index >= 15 is 0 Å². The molecular formula is C7H3ClFNOS. The number of benzene rings is 1. The van der Waals surface area contributed by atoms with Crippen LogP contribution in [0.4, 0.5) is 4.39 Å². The van der Waals surface area contributed by atoms with Gasteiger partial charge in [0.15, 0.2) is 0 Å². The molecule has 1 rings (SSSR count). The molecule has 0 bridgehead atoms. The van der Waals surface area contributed by atoms with Crippen LogP contribution in [0.1, 0.15) is 0 Å². The third-order valence-corrected chi connectivity index (χ3v) is 2.02. The van der Waals surface area contributed by atoms with E-state index in [9.17, 15) is 9.18 Å². The lowest BCUT2D eigenvalue weighted by Gasteiger charge is -1.95. The predicted octanol–water partition coefficient (Wildman–Crippen LogP) is 2.82. The lowest BCUT2D eigenvalue weighted by Crippen LogP contribution is -1.76. The molecule has 0 atom stereocenters. The van der Waals surface area contributed by atoms with Gasteiger partial charge in [-0.2, -0.15) is 0 Å². The lowest BCUT2D eigenvalue weighted by atomic mass is 10.3. The van der Waals surface area contributed by atoms with Gasteiger partial charge in [-0.1, -0.05) is 11.6 Å². The van der Waals surface area contributed by atoms with E-state index in [0.29, 0.717) is 4.90 Å². The topological polar surface area (TPSA) is 29.4 Å². The van der Waals surface area contributed by atoms with E-state index in [4.69, 9.17) is 11.6 Å². The summed E-state index contributed by atoms with van der Waals surface area (Å²) in [6, 6.07) is 4.17. The van der Waals surface area contributed by atoms with Gasteiger partial charge < -0.3 is 0 Å². The Morgan fingerprint density at radius 3 is 2.92 bits per heavy atom. The molecule has 2 nitrogen and oxygen atoms in total. The maximum Gasteiger partial charge on any atom is 0.247 e. The summed E-state index contributed by atoms with van der Waals surface area (Å²) in [6.07, 6.45) is 1.33. The minimum Gasteiger partial charge on any atom is -0.210 e. The number of halogens is 2. The quantitative estimate of drug-likeness (QED) is 0.420. The molecule has 0 aromatic heterocycles. The largest absolute Gasteiger partial charge is 0.247 e. The van der Waals surface area contributed by atoms with Gasteiger partial charge in [0.25, 0.3) is 0 Å². The fraction of sp³-hybridized carbons (Fsp3) is 0. The summed E-state index contributed by atoms with van der Waals surface area (Å²) in [5.74, 6) is -0.525. The monoisotopic (exact) mass is 203 g/mol. The summed E-state index contributed by atoms with van der Waals surface area (Å²) in [6.45, 7) is 0. The number of hydrogen-bond acceptors (Lipinski definition) is 3. The van der Waals surface area contributed by atoms with Gasteiger partial charge in [0, 0.05) is 16.8 Å². The van der Waals surface area contributed by atoms with Crippen LogP contribution in [-0.2, 0) is 4.79 Å². The molecule has 62 valence electrons. The molecule has 0 fully saturated rings. The van der Waals surface area contributed by atoms with Gasteiger partial charge in [-0.25, -0.2) is 9.18 Å². The normalized spacial score (nSPS) is 9.17. The Hall–Kier alpha value is -0.830. The van der Waals surface area contributed by atoms with Gasteiger partial charge in [0.1, 0.15) is 5.82 Å². The number of nitrogens with zero attached hydrogens (tertiary/aromatic N) is 1. The van der Waals surface area contributed by atoms with E-state index in [-0.39, 0.29) is 5.02 Å². The molecule has 12 heavy (non-hydrogen) atoms. The SMILES string of the molecule is O=C=NSc1ccc(Cl)c(F)c1.